The van der Waals surface area contributed by atoms with E-state index in [9.17, 15) is 36.3 Å². The Hall–Kier alpha value is -3.52. The Morgan fingerprint density at radius 1 is 1.20 bits per heavy atom. The van der Waals surface area contributed by atoms with E-state index in [-0.39, 0.29) is 49.3 Å². The van der Waals surface area contributed by atoms with Crippen LogP contribution < -0.4 is 14.8 Å². The molecule has 0 aliphatic carbocycles. The number of ether oxygens (including phenoxy) is 1. The van der Waals surface area contributed by atoms with Crippen LogP contribution in [0.25, 0.3) is 0 Å². The van der Waals surface area contributed by atoms with Gasteiger partial charge in [0.05, 0.1) is 37.4 Å². The van der Waals surface area contributed by atoms with Crippen LogP contribution in [-0.2, 0) is 27.4 Å². The Morgan fingerprint density at radius 3 is 2.40 bits per heavy atom. The van der Waals surface area contributed by atoms with Crippen molar-refractivity contribution in [2.45, 2.75) is 38.6 Å². The van der Waals surface area contributed by atoms with E-state index in [0.29, 0.717) is 11.3 Å². The van der Waals surface area contributed by atoms with Gasteiger partial charge in [0.25, 0.3) is 0 Å². The number of carbonyl (C=O) groups is 2. The summed E-state index contributed by atoms with van der Waals surface area (Å²) in [6, 6.07) is 7.52. The van der Waals surface area contributed by atoms with Crippen LogP contribution in [0.2, 0.25) is 0 Å². The van der Waals surface area contributed by atoms with E-state index < -0.39 is 39.9 Å². The molecule has 220 valence electrons. The van der Waals surface area contributed by atoms with Gasteiger partial charge in [-0.25, -0.2) is 13.2 Å². The Bertz CT molecular complexity index is 1320. The molecule has 3 amide bonds. The van der Waals surface area contributed by atoms with Crippen molar-refractivity contribution in [1.29, 1.82) is 0 Å². The first-order valence-electron chi connectivity index (χ1n) is 12.4. The third kappa shape index (κ3) is 8.24. The van der Waals surface area contributed by atoms with Crippen molar-refractivity contribution in [2.24, 2.45) is 5.92 Å². The van der Waals surface area contributed by atoms with Gasteiger partial charge in [-0.1, -0.05) is 6.92 Å². The number of halogens is 3. The zero-order valence-corrected chi connectivity index (χ0v) is 23.3. The van der Waals surface area contributed by atoms with Gasteiger partial charge in [0, 0.05) is 36.4 Å². The predicted octanol–water partition coefficient (Wildman–Crippen LogP) is 3.39. The van der Waals surface area contributed by atoms with E-state index in [1.807, 2.05) is 6.92 Å². The van der Waals surface area contributed by atoms with Crippen LogP contribution in [0.15, 0.2) is 42.5 Å². The minimum atomic E-state index is -4.50. The molecule has 14 heteroatoms. The zero-order valence-electron chi connectivity index (χ0n) is 22.5. The first-order chi connectivity index (χ1) is 18.6. The normalized spacial score (nSPS) is 18.9. The number of nitrogens with one attached hydrogen (secondary N) is 2. The molecule has 0 bridgehead atoms. The van der Waals surface area contributed by atoms with Crippen molar-refractivity contribution in [3.05, 3.63) is 53.6 Å². The van der Waals surface area contributed by atoms with Crippen LogP contribution in [0.3, 0.4) is 0 Å². The molecule has 0 saturated carbocycles. The molecule has 0 aromatic heterocycles. The molecule has 0 saturated heterocycles. The Balaban J connectivity index is 1.85. The molecule has 3 N–H and O–H groups in total. The number of sulfonamides is 1. The van der Waals surface area contributed by atoms with E-state index in [2.05, 4.69) is 10.0 Å². The third-order valence-corrected chi connectivity index (χ3v) is 7.09. The van der Waals surface area contributed by atoms with Crippen molar-refractivity contribution < 1.29 is 41.0 Å². The molecule has 10 nitrogen and oxygen atoms in total. The monoisotopic (exact) mass is 586 g/mol. The van der Waals surface area contributed by atoms with Gasteiger partial charge in [0.15, 0.2) is 0 Å². The minimum Gasteiger partial charge on any atom is -0.488 e. The van der Waals surface area contributed by atoms with E-state index in [0.717, 1.165) is 30.5 Å². The molecule has 0 fully saturated rings. The van der Waals surface area contributed by atoms with Gasteiger partial charge in [-0.3, -0.25) is 9.52 Å². The number of aliphatic hydroxyl groups excluding tert-OH is 1. The van der Waals surface area contributed by atoms with Gasteiger partial charge in [-0.2, -0.15) is 13.2 Å². The molecule has 3 atom stereocenters. The van der Waals surface area contributed by atoms with Crippen LogP contribution in [-0.4, -0.2) is 80.4 Å². The molecular formula is C26H33F3N4O6S. The summed E-state index contributed by atoms with van der Waals surface area (Å²) in [4.78, 5) is 28.9. The standard InChI is InChI=1S/C26H33F3N4O6S/c1-16-13-33(17(2)15-34)24(35)12-18-11-21(31-40(4,37)38)9-10-22(18)39-23(16)14-32(3)25(36)30-20-7-5-19(6-8-20)26(27,28)29/h5-11,16-17,23,31,34H,12-15H2,1-4H3,(H,30,36)/t16-,17+,23-/m0/s1. The number of fused-ring (bicyclic) bond motifs is 1. The van der Waals surface area contributed by atoms with Crippen LogP contribution in [0.5, 0.6) is 5.75 Å². The lowest BCUT2D eigenvalue weighted by molar-refractivity contribution is -0.137. The van der Waals surface area contributed by atoms with Crippen molar-refractivity contribution in [1.82, 2.24) is 9.80 Å². The van der Waals surface area contributed by atoms with Crippen molar-refractivity contribution >= 4 is 33.3 Å². The average molecular weight is 587 g/mol. The molecule has 3 rings (SSSR count). The summed E-state index contributed by atoms with van der Waals surface area (Å²) in [5.41, 5.74) is 0.00977. The SMILES string of the molecule is C[C@H](CO)N1C[C@H](C)[C@H](CN(C)C(=O)Nc2ccc(C(F)(F)F)cc2)Oc2ccc(NS(C)(=O)=O)cc2CC1=O. The predicted molar refractivity (Wildman–Crippen MR) is 144 cm³/mol. The van der Waals surface area contributed by atoms with Gasteiger partial charge in [0.1, 0.15) is 11.9 Å². The smallest absolute Gasteiger partial charge is 0.416 e. The number of amides is 3. The fourth-order valence-electron chi connectivity index (χ4n) is 4.24. The fourth-order valence-corrected chi connectivity index (χ4v) is 4.79. The zero-order chi connectivity index (χ0) is 29.8. The molecular weight excluding hydrogens is 553 g/mol. The highest BCUT2D eigenvalue weighted by molar-refractivity contribution is 7.92. The number of likely N-dealkylation sites (N-methyl/N-ethyl adjacent to an activating group) is 1. The lowest BCUT2D eigenvalue weighted by atomic mass is 10.0. The fraction of sp³-hybridized carbons (Fsp3) is 0.462. The van der Waals surface area contributed by atoms with E-state index in [1.165, 1.54) is 29.0 Å². The van der Waals surface area contributed by atoms with Gasteiger partial charge in [-0.15, -0.1) is 0 Å². The lowest BCUT2D eigenvalue weighted by Crippen LogP contribution is -2.48. The Labute approximate surface area is 231 Å². The Morgan fingerprint density at radius 2 is 1.82 bits per heavy atom. The maximum atomic E-state index is 13.2. The topological polar surface area (TPSA) is 128 Å². The van der Waals surface area contributed by atoms with Crippen LogP contribution in [0.4, 0.5) is 29.3 Å². The molecule has 0 unspecified atom stereocenters. The quantitative estimate of drug-likeness (QED) is 0.457. The number of rotatable bonds is 7. The van der Waals surface area contributed by atoms with Crippen molar-refractivity contribution in [2.75, 3.05) is 43.0 Å². The van der Waals surface area contributed by atoms with Gasteiger partial charge in [0.2, 0.25) is 15.9 Å². The summed E-state index contributed by atoms with van der Waals surface area (Å²) in [6.45, 7) is 3.52. The van der Waals surface area contributed by atoms with E-state index in [1.54, 1.807) is 13.0 Å². The van der Waals surface area contributed by atoms with Crippen LogP contribution >= 0.6 is 0 Å². The molecule has 1 heterocycles. The van der Waals surface area contributed by atoms with Gasteiger partial charge < -0.3 is 25.0 Å². The van der Waals surface area contributed by atoms with Gasteiger partial charge >= 0.3 is 12.2 Å². The summed E-state index contributed by atoms with van der Waals surface area (Å²) >= 11 is 0. The number of benzene rings is 2. The summed E-state index contributed by atoms with van der Waals surface area (Å²) in [5, 5.41) is 12.3. The first-order valence-corrected chi connectivity index (χ1v) is 14.3. The van der Waals surface area contributed by atoms with E-state index >= 15 is 0 Å². The largest absolute Gasteiger partial charge is 0.488 e. The second-order valence-electron chi connectivity index (χ2n) is 9.97. The molecule has 2 aromatic rings. The number of carbonyl (C=O) groups excluding carboxylic acids is 2. The van der Waals surface area contributed by atoms with Crippen LogP contribution in [0, 0.1) is 5.92 Å². The Kier molecular flexibility index (Phi) is 9.56. The molecule has 1 aliphatic rings. The highest BCUT2D eigenvalue weighted by Crippen LogP contribution is 2.31. The second-order valence-corrected chi connectivity index (χ2v) is 11.7. The molecule has 2 aromatic carbocycles. The number of nitrogens with zero attached hydrogens (tertiary/aromatic N) is 2. The molecule has 40 heavy (non-hydrogen) atoms. The molecule has 0 radical (unpaired) electrons. The maximum absolute atomic E-state index is 13.2. The lowest BCUT2D eigenvalue weighted by Gasteiger charge is -2.34. The first kappa shape index (κ1) is 31.0. The van der Waals surface area contributed by atoms with E-state index in [4.69, 9.17) is 4.74 Å². The third-order valence-electron chi connectivity index (χ3n) is 6.48. The summed E-state index contributed by atoms with van der Waals surface area (Å²) in [7, 11) is -2.07. The van der Waals surface area contributed by atoms with Crippen LogP contribution in [0.1, 0.15) is 25.0 Å². The number of hydrogen-bond donors (Lipinski definition) is 3. The van der Waals surface area contributed by atoms with Crippen molar-refractivity contribution in [3.63, 3.8) is 0 Å². The molecule has 0 spiro atoms. The van der Waals surface area contributed by atoms with Crippen molar-refractivity contribution in [3.8, 4) is 5.75 Å². The number of urea groups is 1. The number of alkyl halides is 3. The maximum Gasteiger partial charge on any atom is 0.416 e. The molecule has 1 aliphatic heterocycles. The highest BCUT2D eigenvalue weighted by Gasteiger charge is 2.32. The summed E-state index contributed by atoms with van der Waals surface area (Å²) in [6.07, 6.45) is -4.24. The number of anilines is 2. The summed E-state index contributed by atoms with van der Waals surface area (Å²) < 4.78 is 70.6. The minimum absolute atomic E-state index is 0.0476. The average Bonchev–Trinajstić information content (AvgIpc) is 2.90. The van der Waals surface area contributed by atoms with Gasteiger partial charge in [-0.05, 0) is 49.4 Å². The number of hydrogen-bond acceptors (Lipinski definition) is 6. The summed E-state index contributed by atoms with van der Waals surface area (Å²) in [5.74, 6) is -0.276. The highest BCUT2D eigenvalue weighted by atomic mass is 32.2. The number of aliphatic hydroxyl groups is 1. The second kappa shape index (κ2) is 12.3.